The maximum absolute atomic E-state index is 13.2. The third-order valence-corrected chi connectivity index (χ3v) is 8.66. The van der Waals surface area contributed by atoms with E-state index in [4.69, 9.17) is 0 Å². The van der Waals surface area contributed by atoms with Crippen LogP contribution in [0.5, 0.6) is 0 Å². The maximum atomic E-state index is 13.2. The number of alkyl halides is 3. The minimum atomic E-state index is -4.52. The summed E-state index contributed by atoms with van der Waals surface area (Å²) in [7, 11) is 1.96. The molecule has 0 unspecified atom stereocenters. The highest BCUT2D eigenvalue weighted by Crippen LogP contribution is 2.39. The second-order valence-electron chi connectivity index (χ2n) is 12.9. The highest BCUT2D eigenvalue weighted by molar-refractivity contribution is 5.76. The molecule has 0 aliphatic carbocycles. The van der Waals surface area contributed by atoms with Gasteiger partial charge in [-0.05, 0) is 26.0 Å². The zero-order chi connectivity index (χ0) is 34.3. The molecule has 0 aromatic carbocycles. The molecule has 4 aromatic rings. The topological polar surface area (TPSA) is 155 Å². The van der Waals surface area contributed by atoms with Crippen molar-refractivity contribution >= 4 is 28.9 Å². The van der Waals surface area contributed by atoms with E-state index >= 15 is 0 Å². The fraction of sp³-hybridized carbons (Fsp3) is 0.500. The number of amides is 1. The Balaban J connectivity index is 1.06. The van der Waals surface area contributed by atoms with Crippen LogP contribution in [0.3, 0.4) is 0 Å². The van der Waals surface area contributed by atoms with Crippen LogP contribution in [0.2, 0.25) is 0 Å². The highest BCUT2D eigenvalue weighted by atomic mass is 19.4. The number of hydrogen-bond acceptors (Lipinski definition) is 11. The molecule has 4 aromatic heterocycles. The van der Waals surface area contributed by atoms with Crippen LogP contribution >= 0.6 is 0 Å². The number of hydrazine groups is 1. The fourth-order valence-corrected chi connectivity index (χ4v) is 6.12. The fourth-order valence-electron chi connectivity index (χ4n) is 6.12. The lowest BCUT2D eigenvalue weighted by molar-refractivity contribution is -0.138. The lowest BCUT2D eigenvalue weighted by atomic mass is 9.86. The van der Waals surface area contributed by atoms with Crippen molar-refractivity contribution in [2.75, 3.05) is 63.1 Å². The predicted molar refractivity (Wildman–Crippen MR) is 166 cm³/mol. The molecule has 0 bridgehead atoms. The Bertz CT molecular complexity index is 1860. The molecule has 6 heterocycles. The first kappa shape index (κ1) is 32.7. The summed E-state index contributed by atoms with van der Waals surface area (Å²) >= 11 is 0. The van der Waals surface area contributed by atoms with E-state index in [-0.39, 0.29) is 32.0 Å². The van der Waals surface area contributed by atoms with E-state index in [1.54, 1.807) is 33.9 Å². The molecule has 2 aliphatic rings. The van der Waals surface area contributed by atoms with E-state index in [9.17, 15) is 28.5 Å². The number of carbonyl (C=O) groups is 1. The molecule has 6 rings (SSSR count). The second-order valence-corrected chi connectivity index (χ2v) is 12.9. The van der Waals surface area contributed by atoms with E-state index in [0.717, 1.165) is 12.4 Å². The molecule has 2 aliphatic heterocycles. The third-order valence-electron chi connectivity index (χ3n) is 8.66. The van der Waals surface area contributed by atoms with Gasteiger partial charge in [0.2, 0.25) is 11.9 Å². The Labute approximate surface area is 274 Å². The number of nitrogens with zero attached hydrogens (tertiary/aromatic N) is 13. The molecule has 0 atom stereocenters. The minimum Gasteiger partial charge on any atom is -0.363 e. The van der Waals surface area contributed by atoms with Crippen LogP contribution in [-0.4, -0.2) is 108 Å². The molecule has 0 radical (unpaired) electrons. The summed E-state index contributed by atoms with van der Waals surface area (Å²) in [5.41, 5.74) is -0.422. The van der Waals surface area contributed by atoms with Gasteiger partial charge in [0.25, 0.3) is 0 Å². The Hall–Kier alpha value is -5.20. The highest BCUT2D eigenvalue weighted by Gasteiger charge is 2.47. The molecule has 1 N–H and O–H groups in total. The van der Waals surface area contributed by atoms with Crippen molar-refractivity contribution in [3.05, 3.63) is 48.7 Å². The van der Waals surface area contributed by atoms with Crippen LogP contribution in [-0.2, 0) is 23.1 Å². The van der Waals surface area contributed by atoms with E-state index in [1.807, 2.05) is 36.8 Å². The van der Waals surface area contributed by atoms with Gasteiger partial charge in [-0.3, -0.25) is 14.2 Å². The smallest absolute Gasteiger partial charge is 0.363 e. The maximum Gasteiger partial charge on any atom is 0.419 e. The zero-order valence-corrected chi connectivity index (χ0v) is 26.8. The number of halogens is 3. The average Bonchev–Trinajstić information content (AvgIpc) is 3.79. The van der Waals surface area contributed by atoms with Gasteiger partial charge in [-0.25, -0.2) is 14.5 Å². The SMILES string of the molecule is CN(CC(C)(C)C#N)N1CCN(C(=O)Cn2cc(Nc3nc4c(N5CC(CC#N)(n6cc(C(F)(F)F)cn6)C5)cccn4n3)cn2)CC1. The summed E-state index contributed by atoms with van der Waals surface area (Å²) < 4.78 is 44.0. The van der Waals surface area contributed by atoms with Crippen LogP contribution in [0.4, 0.5) is 30.5 Å². The number of nitriles is 2. The molecule has 1 amide bonds. The standard InChI is InChI=1S/C30H35F3N14O/c1-28(2,18-35)19-41(3)45-11-9-42(10-12-45)25(48)17-44-16-23(14-36-44)38-27-39-26-24(5-4-8-46(26)40-27)43-20-29(21-43,6-7-34)47-15-22(13-37-47)30(31,32)33/h4-5,8,13-16H,6,9-12,17,19-21H2,1-3H3,(H,38,40). The number of pyridine rings is 1. The van der Waals surface area contributed by atoms with Gasteiger partial charge in [0.05, 0.1) is 53.3 Å². The first-order valence-electron chi connectivity index (χ1n) is 15.3. The quantitative estimate of drug-likeness (QED) is 0.266. The third kappa shape index (κ3) is 6.62. The van der Waals surface area contributed by atoms with Gasteiger partial charge in [0.1, 0.15) is 12.1 Å². The number of fused-ring (bicyclic) bond motifs is 1. The van der Waals surface area contributed by atoms with E-state index < -0.39 is 22.7 Å². The second kappa shape index (κ2) is 12.4. The van der Waals surface area contributed by atoms with Gasteiger partial charge in [-0.15, -0.1) is 5.10 Å². The van der Waals surface area contributed by atoms with Crippen LogP contribution in [0.15, 0.2) is 43.1 Å². The Morgan fingerprint density at radius 3 is 2.52 bits per heavy atom. The van der Waals surface area contributed by atoms with Crippen LogP contribution in [0.25, 0.3) is 5.65 Å². The number of carbonyl (C=O) groups excluding carboxylic acids is 1. The number of rotatable bonds is 10. The molecule has 2 fully saturated rings. The van der Waals surface area contributed by atoms with Crippen molar-refractivity contribution in [2.45, 2.75) is 38.5 Å². The molecule has 48 heavy (non-hydrogen) atoms. The molecule has 252 valence electrons. The summed E-state index contributed by atoms with van der Waals surface area (Å²) in [5, 5.41) is 38.9. The van der Waals surface area contributed by atoms with Crippen molar-refractivity contribution in [1.29, 1.82) is 10.5 Å². The minimum absolute atomic E-state index is 0.00698. The molecule has 15 nitrogen and oxygen atoms in total. The first-order chi connectivity index (χ1) is 22.8. The summed E-state index contributed by atoms with van der Waals surface area (Å²) in [5.74, 6) is 0.241. The molecule has 0 saturated carbocycles. The Kier molecular flexibility index (Phi) is 8.48. The predicted octanol–water partition coefficient (Wildman–Crippen LogP) is 2.55. The molecule has 0 spiro atoms. The summed E-state index contributed by atoms with van der Waals surface area (Å²) in [6, 6.07) is 8.03. The molecule has 18 heteroatoms. The number of aromatic nitrogens is 7. The number of hydrogen-bond donors (Lipinski definition) is 1. The number of nitrogens with one attached hydrogen (secondary N) is 1. The van der Waals surface area contributed by atoms with Crippen LogP contribution < -0.4 is 10.2 Å². The monoisotopic (exact) mass is 664 g/mol. The summed E-state index contributed by atoms with van der Waals surface area (Å²) in [4.78, 5) is 21.4. The lowest BCUT2D eigenvalue weighted by Gasteiger charge is -2.50. The van der Waals surface area contributed by atoms with Crippen molar-refractivity contribution in [2.24, 2.45) is 5.41 Å². The summed E-state index contributed by atoms with van der Waals surface area (Å²) in [6.45, 7) is 7.51. The van der Waals surface area contributed by atoms with Crippen molar-refractivity contribution in [3.63, 3.8) is 0 Å². The number of anilines is 3. The van der Waals surface area contributed by atoms with Crippen molar-refractivity contribution in [1.82, 2.24) is 49.1 Å². The van der Waals surface area contributed by atoms with E-state index in [0.29, 0.717) is 55.7 Å². The van der Waals surface area contributed by atoms with Gasteiger partial charge < -0.3 is 15.1 Å². The van der Waals surface area contributed by atoms with Crippen LogP contribution in [0.1, 0.15) is 25.8 Å². The lowest BCUT2D eigenvalue weighted by Crippen LogP contribution is -2.63. The largest absolute Gasteiger partial charge is 0.419 e. The molecule has 2 saturated heterocycles. The van der Waals surface area contributed by atoms with Gasteiger partial charge in [0.15, 0.2) is 5.65 Å². The van der Waals surface area contributed by atoms with E-state index in [1.165, 1.54) is 4.68 Å². The molecular weight excluding hydrogens is 629 g/mol. The number of piperazine rings is 1. The molecular formula is C30H35F3N14O. The zero-order valence-electron chi connectivity index (χ0n) is 26.8. The normalized spacial score (nSPS) is 16.9. The van der Waals surface area contributed by atoms with Gasteiger partial charge in [-0.1, -0.05) is 0 Å². The van der Waals surface area contributed by atoms with E-state index in [2.05, 4.69) is 47.8 Å². The van der Waals surface area contributed by atoms with Gasteiger partial charge >= 0.3 is 6.18 Å². The average molecular weight is 665 g/mol. The Morgan fingerprint density at radius 2 is 1.85 bits per heavy atom. The van der Waals surface area contributed by atoms with Crippen molar-refractivity contribution in [3.8, 4) is 12.1 Å². The Morgan fingerprint density at radius 1 is 1.10 bits per heavy atom. The van der Waals surface area contributed by atoms with Crippen molar-refractivity contribution < 1.29 is 18.0 Å². The van der Waals surface area contributed by atoms with Gasteiger partial charge in [0, 0.05) is 71.5 Å². The first-order valence-corrected chi connectivity index (χ1v) is 15.3. The summed E-state index contributed by atoms with van der Waals surface area (Å²) in [6.07, 6.45) is 2.20. The van der Waals surface area contributed by atoms with Gasteiger partial charge in [-0.2, -0.15) is 38.9 Å². The van der Waals surface area contributed by atoms with Crippen LogP contribution in [0, 0.1) is 28.1 Å².